The molecule has 1 heterocycles. The number of hydrogen-bond donors (Lipinski definition) is 1. The van der Waals surface area contributed by atoms with Crippen LogP contribution >= 0.6 is 11.8 Å². The van der Waals surface area contributed by atoms with Gasteiger partial charge in [-0.2, -0.15) is 0 Å². The molecule has 122 valence electrons. The Morgan fingerprint density at radius 1 is 1.26 bits per heavy atom. The molecule has 1 aliphatic rings. The van der Waals surface area contributed by atoms with Gasteiger partial charge in [-0.25, -0.2) is 18.4 Å². The predicted molar refractivity (Wildman–Crippen MR) is 93.2 cm³/mol. The fourth-order valence-corrected chi connectivity index (χ4v) is 3.60. The van der Waals surface area contributed by atoms with Crippen molar-refractivity contribution in [2.24, 2.45) is 0 Å². The van der Waals surface area contributed by atoms with E-state index in [1.165, 1.54) is 24.4 Å². The Morgan fingerprint density at radius 2 is 2.04 bits per heavy atom. The van der Waals surface area contributed by atoms with E-state index < -0.39 is 9.84 Å². The van der Waals surface area contributed by atoms with E-state index in [4.69, 9.17) is 0 Å². The number of anilines is 2. The van der Waals surface area contributed by atoms with E-state index >= 15 is 0 Å². The normalized spacial score (nSPS) is 15.2. The Hall–Kier alpha value is -1.60. The average Bonchev–Trinajstić information content (AvgIpc) is 2.46. The number of sulfone groups is 1. The Bertz CT molecular complexity index is 818. The van der Waals surface area contributed by atoms with E-state index in [9.17, 15) is 8.42 Å². The minimum absolute atomic E-state index is 0.373. The lowest BCUT2D eigenvalue weighted by Gasteiger charge is -2.28. The molecule has 0 unspecified atom stereocenters. The second-order valence-corrected chi connectivity index (χ2v) is 8.49. The van der Waals surface area contributed by atoms with Crippen LogP contribution in [0.2, 0.25) is 0 Å². The molecule has 1 fully saturated rings. The van der Waals surface area contributed by atoms with Crippen molar-refractivity contribution < 1.29 is 8.42 Å². The highest BCUT2D eigenvalue weighted by molar-refractivity contribution is 7.98. The van der Waals surface area contributed by atoms with Gasteiger partial charge >= 0.3 is 0 Å². The van der Waals surface area contributed by atoms with Gasteiger partial charge in [0.05, 0.1) is 4.90 Å². The van der Waals surface area contributed by atoms with Crippen LogP contribution in [0.15, 0.2) is 40.5 Å². The number of hydrogen-bond acceptors (Lipinski definition) is 6. The molecule has 1 saturated carbocycles. The van der Waals surface area contributed by atoms with E-state index in [1.54, 1.807) is 18.3 Å². The van der Waals surface area contributed by atoms with Crippen LogP contribution < -0.4 is 5.32 Å². The van der Waals surface area contributed by atoms with E-state index in [-0.39, 0.29) is 0 Å². The van der Waals surface area contributed by atoms with Gasteiger partial charge in [0.25, 0.3) is 0 Å². The zero-order chi connectivity index (χ0) is 16.4. The van der Waals surface area contributed by atoms with Gasteiger partial charge in [-0.15, -0.1) is 0 Å². The largest absolute Gasteiger partial charge is 0.340 e. The third-order valence-corrected chi connectivity index (χ3v) is 5.75. The van der Waals surface area contributed by atoms with Crippen LogP contribution in [0, 0.1) is 0 Å². The molecule has 23 heavy (non-hydrogen) atoms. The zero-order valence-electron chi connectivity index (χ0n) is 13.1. The fraction of sp³-hybridized carbons (Fsp3) is 0.375. The summed E-state index contributed by atoms with van der Waals surface area (Å²) in [6.45, 7) is 0. The van der Waals surface area contributed by atoms with Crippen molar-refractivity contribution in [2.45, 2.75) is 35.2 Å². The summed E-state index contributed by atoms with van der Waals surface area (Å²) in [7, 11) is -3.20. The van der Waals surface area contributed by atoms with Gasteiger partial charge in [0, 0.05) is 18.1 Å². The molecule has 1 aromatic carbocycles. The quantitative estimate of drug-likeness (QED) is 0.657. The Labute approximate surface area is 140 Å². The maximum Gasteiger partial charge on any atom is 0.189 e. The summed E-state index contributed by atoms with van der Waals surface area (Å²) in [6, 6.07) is 7.11. The van der Waals surface area contributed by atoms with E-state index in [0.29, 0.717) is 16.0 Å². The third kappa shape index (κ3) is 3.67. The Kier molecular flexibility index (Phi) is 4.59. The number of rotatable bonds is 5. The maximum absolute atomic E-state index is 11.8. The van der Waals surface area contributed by atoms with Crippen molar-refractivity contribution in [3.63, 3.8) is 0 Å². The first-order valence-corrected chi connectivity index (χ1v) is 10.6. The van der Waals surface area contributed by atoms with Crippen LogP contribution in [-0.2, 0) is 9.84 Å². The molecular formula is C16H19N3O2S2. The molecule has 1 aromatic heterocycles. The van der Waals surface area contributed by atoms with Crippen molar-refractivity contribution in [1.82, 2.24) is 9.97 Å². The number of aromatic nitrogens is 2. The summed E-state index contributed by atoms with van der Waals surface area (Å²) in [6.07, 6.45) is 8.28. The van der Waals surface area contributed by atoms with Gasteiger partial charge in [0.2, 0.25) is 0 Å². The van der Waals surface area contributed by atoms with Crippen LogP contribution in [0.4, 0.5) is 11.5 Å². The van der Waals surface area contributed by atoms with E-state index in [0.717, 1.165) is 29.9 Å². The highest BCUT2D eigenvalue weighted by Gasteiger charge is 2.24. The lowest BCUT2D eigenvalue weighted by atomic mass is 9.79. The first kappa shape index (κ1) is 16.3. The molecule has 1 aliphatic carbocycles. The predicted octanol–water partition coefficient (Wildman–Crippen LogP) is 3.61. The maximum atomic E-state index is 11.8. The molecular weight excluding hydrogens is 330 g/mol. The van der Waals surface area contributed by atoms with Crippen molar-refractivity contribution in [3.8, 4) is 0 Å². The highest BCUT2D eigenvalue weighted by Crippen LogP contribution is 2.41. The van der Waals surface area contributed by atoms with Crippen molar-refractivity contribution >= 4 is 33.1 Å². The molecule has 0 radical (unpaired) electrons. The third-order valence-electron chi connectivity index (χ3n) is 4.07. The minimum atomic E-state index is -3.20. The standard InChI is InChI=1S/C16H19N3O2S2/c1-22-16-17-9-8-15(19-16)18-14-7-6-12(23(2,20)21)10-13(14)11-4-3-5-11/h6-11H,3-5H2,1-2H3,(H,17,18,19). The SMILES string of the molecule is CSc1nccc(Nc2ccc(S(C)(=O)=O)cc2C2CCC2)n1. The van der Waals surface area contributed by atoms with Gasteiger partial charge in [0.1, 0.15) is 5.82 Å². The summed E-state index contributed by atoms with van der Waals surface area (Å²) in [4.78, 5) is 8.96. The molecule has 0 spiro atoms. The Morgan fingerprint density at radius 3 is 2.65 bits per heavy atom. The topological polar surface area (TPSA) is 72.0 Å². The number of benzene rings is 1. The molecule has 1 N–H and O–H groups in total. The summed E-state index contributed by atoms with van der Waals surface area (Å²) in [5.41, 5.74) is 1.98. The second-order valence-electron chi connectivity index (χ2n) is 5.70. The van der Waals surface area contributed by atoms with E-state index in [1.807, 2.05) is 18.4 Å². The van der Waals surface area contributed by atoms with Crippen LogP contribution in [-0.4, -0.2) is 30.9 Å². The van der Waals surface area contributed by atoms with Gasteiger partial charge in [-0.1, -0.05) is 18.2 Å². The van der Waals surface area contributed by atoms with Gasteiger partial charge in [-0.3, -0.25) is 0 Å². The molecule has 0 amide bonds. The first-order valence-electron chi connectivity index (χ1n) is 7.45. The lowest BCUT2D eigenvalue weighted by molar-refractivity contribution is 0.420. The molecule has 5 nitrogen and oxygen atoms in total. The number of thioether (sulfide) groups is 1. The first-order chi connectivity index (χ1) is 11.0. The van der Waals surface area contributed by atoms with E-state index in [2.05, 4.69) is 15.3 Å². The van der Waals surface area contributed by atoms with Crippen molar-refractivity contribution in [1.29, 1.82) is 0 Å². The summed E-state index contributed by atoms with van der Waals surface area (Å²) in [5, 5.41) is 4.02. The van der Waals surface area contributed by atoms with Crippen LogP contribution in [0.1, 0.15) is 30.7 Å². The van der Waals surface area contributed by atoms with Crippen molar-refractivity contribution in [3.05, 3.63) is 36.0 Å². The number of nitrogens with zero attached hydrogens (tertiary/aromatic N) is 2. The molecule has 0 bridgehead atoms. The van der Waals surface area contributed by atoms with Crippen LogP contribution in [0.3, 0.4) is 0 Å². The van der Waals surface area contributed by atoms with Gasteiger partial charge in [-0.05, 0) is 54.8 Å². The van der Waals surface area contributed by atoms with Gasteiger partial charge < -0.3 is 5.32 Å². The monoisotopic (exact) mass is 349 g/mol. The van der Waals surface area contributed by atoms with Crippen molar-refractivity contribution in [2.75, 3.05) is 17.8 Å². The minimum Gasteiger partial charge on any atom is -0.340 e. The molecule has 0 aliphatic heterocycles. The fourth-order valence-electron chi connectivity index (χ4n) is 2.59. The summed E-state index contributed by atoms with van der Waals surface area (Å²) < 4.78 is 23.6. The zero-order valence-corrected chi connectivity index (χ0v) is 14.7. The molecule has 0 saturated heterocycles. The highest BCUT2D eigenvalue weighted by atomic mass is 32.2. The molecule has 3 rings (SSSR count). The second kappa shape index (κ2) is 6.49. The molecule has 0 atom stereocenters. The molecule has 7 heteroatoms. The summed E-state index contributed by atoms with van der Waals surface area (Å²) >= 11 is 1.48. The smallest absolute Gasteiger partial charge is 0.189 e. The van der Waals surface area contributed by atoms with Gasteiger partial charge in [0.15, 0.2) is 15.0 Å². The van der Waals surface area contributed by atoms with Crippen LogP contribution in [0.5, 0.6) is 0 Å². The van der Waals surface area contributed by atoms with Crippen LogP contribution in [0.25, 0.3) is 0 Å². The molecule has 2 aromatic rings. The Balaban J connectivity index is 1.97. The summed E-state index contributed by atoms with van der Waals surface area (Å²) in [5.74, 6) is 1.14. The average molecular weight is 349 g/mol. The number of nitrogens with one attached hydrogen (secondary N) is 1. The lowest BCUT2D eigenvalue weighted by Crippen LogP contribution is -2.12.